The smallest absolute Gasteiger partial charge is 0.260 e. The van der Waals surface area contributed by atoms with E-state index in [1.807, 2.05) is 37.3 Å². The summed E-state index contributed by atoms with van der Waals surface area (Å²) < 4.78 is 28.1. The fourth-order valence-corrected chi connectivity index (χ4v) is 6.92. The van der Waals surface area contributed by atoms with Crippen LogP contribution in [0.5, 0.6) is 0 Å². The largest absolute Gasteiger partial charge is 0.278 e. The number of nitrogens with zero attached hydrogens (tertiary/aromatic N) is 4. The number of anilines is 1. The predicted molar refractivity (Wildman–Crippen MR) is 139 cm³/mol. The molecule has 2 aromatic carbocycles. The van der Waals surface area contributed by atoms with E-state index in [9.17, 15) is 13.2 Å². The van der Waals surface area contributed by atoms with Crippen LogP contribution in [0.4, 0.5) is 5.13 Å². The van der Waals surface area contributed by atoms with Crippen LogP contribution in [0.3, 0.4) is 0 Å². The van der Waals surface area contributed by atoms with Crippen LogP contribution in [0, 0.1) is 6.92 Å². The summed E-state index contributed by atoms with van der Waals surface area (Å²) in [4.78, 5) is 24.5. The maximum absolute atomic E-state index is 13.7. The molecule has 1 fully saturated rings. The van der Waals surface area contributed by atoms with Crippen LogP contribution < -0.4 is 4.90 Å². The molecule has 4 aromatic rings. The number of aryl methyl sites for hydroxylation is 1. The molecule has 2 aromatic heterocycles. The van der Waals surface area contributed by atoms with Gasteiger partial charge in [0.15, 0.2) is 5.13 Å². The van der Waals surface area contributed by atoms with E-state index in [1.54, 1.807) is 23.2 Å². The van der Waals surface area contributed by atoms with Gasteiger partial charge in [-0.3, -0.25) is 14.7 Å². The predicted octanol–water partition coefficient (Wildman–Crippen LogP) is 5.28. The van der Waals surface area contributed by atoms with Crippen LogP contribution in [0.15, 0.2) is 65.7 Å². The molecule has 0 N–H and O–H groups in total. The second-order valence-electron chi connectivity index (χ2n) is 8.39. The minimum absolute atomic E-state index is 0.189. The number of aromatic nitrogens is 2. The molecule has 1 aliphatic heterocycles. The summed E-state index contributed by atoms with van der Waals surface area (Å²) in [6, 6.07) is 15.4. The van der Waals surface area contributed by atoms with Crippen molar-refractivity contribution in [2.75, 3.05) is 18.0 Å². The minimum atomic E-state index is -3.56. The maximum Gasteiger partial charge on any atom is 0.260 e. The highest BCUT2D eigenvalue weighted by molar-refractivity contribution is 7.89. The molecule has 5 rings (SSSR count). The lowest BCUT2D eigenvalue weighted by Crippen LogP contribution is -2.31. The fraction of sp³-hybridized carbons (Fsp3) is 0.240. The number of carbonyl (C=O) groups is 1. The van der Waals surface area contributed by atoms with Crippen molar-refractivity contribution in [2.24, 2.45) is 0 Å². The molecular formula is C25H23ClN4O3S2. The lowest BCUT2D eigenvalue weighted by atomic mass is 10.2. The Hall–Kier alpha value is -2.85. The van der Waals surface area contributed by atoms with E-state index >= 15 is 0 Å². The standard InChI is InChI=1S/C25H23ClN4O3S2/c1-17-7-12-21(26)23-22(17)28-25(34-23)30(16-19-6-2-3-13-27-19)24(31)18-8-10-20(11-9-18)35(32,33)29-14-4-5-15-29/h2-3,6-13H,4-5,14-16H2,1H3. The highest BCUT2D eigenvalue weighted by Gasteiger charge is 2.28. The number of pyridine rings is 1. The van der Waals surface area contributed by atoms with E-state index in [-0.39, 0.29) is 17.3 Å². The zero-order chi connectivity index (χ0) is 24.6. The number of hydrogen-bond acceptors (Lipinski definition) is 6. The molecule has 1 aliphatic rings. The average Bonchev–Trinajstić information content (AvgIpc) is 3.57. The Kier molecular flexibility index (Phi) is 6.59. The van der Waals surface area contributed by atoms with Gasteiger partial charge in [-0.25, -0.2) is 13.4 Å². The third-order valence-electron chi connectivity index (χ3n) is 6.01. The first kappa shape index (κ1) is 23.9. The van der Waals surface area contributed by atoms with Gasteiger partial charge in [0.05, 0.1) is 32.4 Å². The van der Waals surface area contributed by atoms with E-state index < -0.39 is 10.0 Å². The van der Waals surface area contributed by atoms with Gasteiger partial charge in [-0.2, -0.15) is 4.31 Å². The number of rotatable bonds is 6. The van der Waals surface area contributed by atoms with E-state index in [1.165, 1.54) is 27.8 Å². The first-order valence-electron chi connectivity index (χ1n) is 11.2. The monoisotopic (exact) mass is 526 g/mol. The molecule has 35 heavy (non-hydrogen) atoms. The van der Waals surface area contributed by atoms with Crippen LogP contribution in [0.1, 0.15) is 34.5 Å². The molecule has 0 atom stereocenters. The normalized spacial score (nSPS) is 14.5. The summed E-state index contributed by atoms with van der Waals surface area (Å²) in [5.74, 6) is -0.298. The van der Waals surface area contributed by atoms with Gasteiger partial charge in [-0.15, -0.1) is 0 Å². The molecule has 0 bridgehead atoms. The van der Waals surface area contributed by atoms with Crippen molar-refractivity contribution in [1.82, 2.24) is 14.3 Å². The van der Waals surface area contributed by atoms with E-state index in [4.69, 9.17) is 16.6 Å². The van der Waals surface area contributed by atoms with Crippen LogP contribution >= 0.6 is 22.9 Å². The Labute approximate surface area is 213 Å². The summed E-state index contributed by atoms with van der Waals surface area (Å²) in [6.45, 7) is 3.22. The SMILES string of the molecule is Cc1ccc(Cl)c2sc(N(Cc3ccccn3)C(=O)c3ccc(S(=O)(=O)N4CCCC4)cc3)nc12. The number of amides is 1. The van der Waals surface area contributed by atoms with E-state index in [2.05, 4.69) is 4.98 Å². The third kappa shape index (κ3) is 4.69. The molecule has 0 saturated carbocycles. The molecule has 1 amide bonds. The summed E-state index contributed by atoms with van der Waals surface area (Å²) in [6.07, 6.45) is 3.41. The average molecular weight is 527 g/mol. The van der Waals surface area contributed by atoms with Gasteiger partial charge >= 0.3 is 0 Å². The Balaban J connectivity index is 1.51. The summed E-state index contributed by atoms with van der Waals surface area (Å²) in [5.41, 5.74) is 2.79. The van der Waals surface area contributed by atoms with Crippen molar-refractivity contribution >= 4 is 54.2 Å². The van der Waals surface area contributed by atoms with Crippen molar-refractivity contribution in [3.63, 3.8) is 0 Å². The lowest BCUT2D eigenvalue weighted by molar-refractivity contribution is 0.0984. The van der Waals surface area contributed by atoms with Gasteiger partial charge in [0.25, 0.3) is 5.91 Å². The number of benzene rings is 2. The highest BCUT2D eigenvalue weighted by Crippen LogP contribution is 2.36. The zero-order valence-corrected chi connectivity index (χ0v) is 21.4. The molecule has 0 spiro atoms. The molecule has 1 saturated heterocycles. The van der Waals surface area contributed by atoms with Gasteiger partial charge in [0.2, 0.25) is 10.0 Å². The second-order valence-corrected chi connectivity index (χ2v) is 11.7. The van der Waals surface area contributed by atoms with Crippen LogP contribution in [-0.2, 0) is 16.6 Å². The Morgan fingerprint density at radius 3 is 2.49 bits per heavy atom. The Morgan fingerprint density at radius 1 is 1.09 bits per heavy atom. The van der Waals surface area contributed by atoms with Gasteiger partial charge in [0.1, 0.15) is 0 Å². The zero-order valence-electron chi connectivity index (χ0n) is 19.0. The molecule has 7 nitrogen and oxygen atoms in total. The molecule has 0 radical (unpaired) electrons. The van der Waals surface area contributed by atoms with Crippen molar-refractivity contribution in [3.8, 4) is 0 Å². The lowest BCUT2D eigenvalue weighted by Gasteiger charge is -2.20. The first-order chi connectivity index (χ1) is 16.8. The number of hydrogen-bond donors (Lipinski definition) is 0. The first-order valence-corrected chi connectivity index (χ1v) is 13.9. The van der Waals surface area contributed by atoms with Gasteiger partial charge in [-0.1, -0.05) is 35.1 Å². The Morgan fingerprint density at radius 2 is 1.83 bits per heavy atom. The molecule has 180 valence electrons. The summed E-state index contributed by atoms with van der Waals surface area (Å²) >= 11 is 7.76. The molecule has 10 heteroatoms. The van der Waals surface area contributed by atoms with Crippen LogP contribution in [-0.4, -0.2) is 41.7 Å². The number of sulfonamides is 1. The van der Waals surface area contributed by atoms with Crippen LogP contribution in [0.25, 0.3) is 10.2 Å². The fourth-order valence-electron chi connectivity index (χ4n) is 4.09. The number of halogens is 1. The van der Waals surface area contributed by atoms with Crippen molar-refractivity contribution in [2.45, 2.75) is 31.2 Å². The van der Waals surface area contributed by atoms with Crippen LogP contribution in [0.2, 0.25) is 5.02 Å². The third-order valence-corrected chi connectivity index (χ3v) is 9.46. The molecule has 0 unspecified atom stereocenters. The van der Waals surface area contributed by atoms with Gasteiger partial charge < -0.3 is 0 Å². The molecule has 0 aliphatic carbocycles. The molecule has 3 heterocycles. The number of thiazole rings is 1. The van der Waals surface area contributed by atoms with Crippen molar-refractivity contribution in [1.29, 1.82) is 0 Å². The quantitative estimate of drug-likeness (QED) is 0.341. The summed E-state index contributed by atoms with van der Waals surface area (Å²) in [5, 5.41) is 1.08. The van der Waals surface area contributed by atoms with E-state index in [0.29, 0.717) is 34.5 Å². The number of fused-ring (bicyclic) bond motifs is 1. The Bertz CT molecular complexity index is 1440. The topological polar surface area (TPSA) is 83.5 Å². The number of carbonyl (C=O) groups excluding carboxylic acids is 1. The van der Waals surface area contributed by atoms with Gasteiger partial charge in [-0.05, 0) is 67.8 Å². The second kappa shape index (κ2) is 9.66. The van der Waals surface area contributed by atoms with Crippen molar-refractivity contribution in [3.05, 3.63) is 82.6 Å². The highest BCUT2D eigenvalue weighted by atomic mass is 35.5. The van der Waals surface area contributed by atoms with Crippen molar-refractivity contribution < 1.29 is 13.2 Å². The van der Waals surface area contributed by atoms with Gasteiger partial charge in [0, 0.05) is 24.8 Å². The minimum Gasteiger partial charge on any atom is -0.278 e. The molecular weight excluding hydrogens is 504 g/mol. The van der Waals surface area contributed by atoms with E-state index in [0.717, 1.165) is 28.6 Å². The maximum atomic E-state index is 13.7. The summed E-state index contributed by atoms with van der Waals surface area (Å²) in [7, 11) is -3.56.